The zero-order valence-electron chi connectivity index (χ0n) is 16.7. The van der Waals surface area contributed by atoms with Crippen molar-refractivity contribution in [2.24, 2.45) is 7.05 Å². The molecule has 0 radical (unpaired) electrons. The molecule has 1 aromatic heterocycles. The highest BCUT2D eigenvalue weighted by Gasteiger charge is 2.30. The fraction of sp³-hybridized carbons (Fsp3) is 0.217. The van der Waals surface area contributed by atoms with Gasteiger partial charge < -0.3 is 18.8 Å². The Morgan fingerprint density at radius 2 is 2.03 bits per heavy atom. The fourth-order valence-electron chi connectivity index (χ4n) is 3.49. The van der Waals surface area contributed by atoms with Gasteiger partial charge in [0.1, 0.15) is 23.9 Å². The highest BCUT2D eigenvalue weighted by Crippen LogP contribution is 2.40. The van der Waals surface area contributed by atoms with Crippen LogP contribution in [-0.4, -0.2) is 29.9 Å². The summed E-state index contributed by atoms with van der Waals surface area (Å²) in [5.41, 5.74) is 3.07. The molecule has 2 heterocycles. The van der Waals surface area contributed by atoms with Crippen LogP contribution in [0, 0.1) is 6.92 Å². The number of ketones is 2. The van der Waals surface area contributed by atoms with E-state index in [1.165, 1.54) is 6.92 Å². The fourth-order valence-corrected chi connectivity index (χ4v) is 3.49. The second-order valence-electron chi connectivity index (χ2n) is 7.07. The number of allylic oxidation sites excluding steroid dienone is 1. The Balaban J connectivity index is 1.72. The topological polar surface area (TPSA) is 66.8 Å². The van der Waals surface area contributed by atoms with Crippen LogP contribution in [0.25, 0.3) is 17.0 Å². The maximum absolute atomic E-state index is 12.9. The van der Waals surface area contributed by atoms with E-state index in [9.17, 15) is 9.59 Å². The molecular weight excluding hydrogens is 370 g/mol. The second kappa shape index (κ2) is 7.13. The van der Waals surface area contributed by atoms with Gasteiger partial charge in [-0.2, -0.15) is 0 Å². The molecule has 4 rings (SSSR count). The molecule has 0 N–H and O–H groups in total. The molecular formula is C23H21NO5. The van der Waals surface area contributed by atoms with Gasteiger partial charge in [0, 0.05) is 35.3 Å². The van der Waals surface area contributed by atoms with Crippen molar-refractivity contribution >= 4 is 28.5 Å². The Hall–Kier alpha value is -3.54. The molecule has 1 aliphatic rings. The van der Waals surface area contributed by atoms with Gasteiger partial charge in [0.05, 0.1) is 12.7 Å². The molecule has 0 unspecified atom stereocenters. The predicted octanol–water partition coefficient (Wildman–Crippen LogP) is 4.08. The molecule has 0 fully saturated rings. The van der Waals surface area contributed by atoms with Gasteiger partial charge in [0.15, 0.2) is 11.5 Å². The van der Waals surface area contributed by atoms with Crippen LogP contribution in [-0.2, 0) is 11.8 Å². The zero-order valence-corrected chi connectivity index (χ0v) is 16.7. The van der Waals surface area contributed by atoms with Gasteiger partial charge in [-0.15, -0.1) is 0 Å². The maximum Gasteiger partial charge on any atom is 0.231 e. The number of aryl methyl sites for hydroxylation is 1. The number of rotatable bonds is 5. The SMILES string of the molecule is COc1ccc2c(c1)c(/C=C1\Oc3c(ccc(OCC(C)=O)c3C)C1=O)cn2C. The van der Waals surface area contributed by atoms with Crippen LogP contribution >= 0.6 is 0 Å². The molecule has 0 aliphatic carbocycles. The molecule has 0 atom stereocenters. The lowest BCUT2D eigenvalue weighted by molar-refractivity contribution is -0.118. The highest BCUT2D eigenvalue weighted by atomic mass is 16.5. The second-order valence-corrected chi connectivity index (χ2v) is 7.07. The van der Waals surface area contributed by atoms with Gasteiger partial charge in [0.2, 0.25) is 5.78 Å². The van der Waals surface area contributed by atoms with Crippen LogP contribution in [0.1, 0.15) is 28.4 Å². The monoisotopic (exact) mass is 391 g/mol. The molecule has 6 heteroatoms. The van der Waals surface area contributed by atoms with Gasteiger partial charge in [-0.05, 0) is 50.3 Å². The molecule has 29 heavy (non-hydrogen) atoms. The standard InChI is InChI=1S/C23H21NO5/c1-13(25)12-28-20-8-6-17-22(26)21(29-23(17)14(20)2)9-15-11-24(3)19-7-5-16(27-4)10-18(15)19/h5-11H,12H2,1-4H3/b21-9-. The van der Waals surface area contributed by atoms with E-state index in [-0.39, 0.29) is 23.9 Å². The average molecular weight is 391 g/mol. The normalized spacial score (nSPS) is 14.2. The largest absolute Gasteiger partial charge is 0.497 e. The number of nitrogens with zero attached hydrogens (tertiary/aromatic N) is 1. The molecule has 0 bridgehead atoms. The Kier molecular flexibility index (Phi) is 4.62. The Bertz CT molecular complexity index is 1190. The summed E-state index contributed by atoms with van der Waals surface area (Å²) < 4.78 is 18.8. The molecule has 0 amide bonds. The molecule has 148 valence electrons. The van der Waals surface area contributed by atoms with E-state index in [0.29, 0.717) is 22.6 Å². The number of methoxy groups -OCH3 is 1. The van der Waals surface area contributed by atoms with E-state index in [0.717, 1.165) is 22.2 Å². The lowest BCUT2D eigenvalue weighted by Crippen LogP contribution is -2.07. The van der Waals surface area contributed by atoms with E-state index in [1.54, 1.807) is 25.3 Å². The number of Topliss-reactive ketones (excluding diaryl/α,β-unsaturated/α-hetero) is 2. The first kappa shape index (κ1) is 18.8. The van der Waals surface area contributed by atoms with Crippen molar-refractivity contribution in [3.63, 3.8) is 0 Å². The smallest absolute Gasteiger partial charge is 0.231 e. The summed E-state index contributed by atoms with van der Waals surface area (Å²) in [6.07, 6.45) is 3.70. The van der Waals surface area contributed by atoms with Gasteiger partial charge >= 0.3 is 0 Å². The summed E-state index contributed by atoms with van der Waals surface area (Å²) in [5.74, 6) is 1.74. The molecule has 2 aromatic carbocycles. The van der Waals surface area contributed by atoms with Gasteiger partial charge in [-0.25, -0.2) is 0 Å². The van der Waals surface area contributed by atoms with Crippen molar-refractivity contribution in [1.82, 2.24) is 4.57 Å². The molecule has 0 saturated heterocycles. The number of benzene rings is 2. The van der Waals surface area contributed by atoms with Crippen molar-refractivity contribution < 1.29 is 23.8 Å². The molecule has 0 spiro atoms. The Labute approximate surface area is 168 Å². The van der Waals surface area contributed by atoms with Crippen LogP contribution in [0.2, 0.25) is 0 Å². The number of hydrogen-bond acceptors (Lipinski definition) is 5. The Morgan fingerprint density at radius 3 is 2.76 bits per heavy atom. The van der Waals surface area contributed by atoms with E-state index in [2.05, 4.69) is 0 Å². The minimum atomic E-state index is -0.180. The first-order valence-corrected chi connectivity index (χ1v) is 9.22. The van der Waals surface area contributed by atoms with Crippen LogP contribution in [0.5, 0.6) is 17.2 Å². The van der Waals surface area contributed by atoms with Crippen LogP contribution in [0.4, 0.5) is 0 Å². The summed E-state index contributed by atoms with van der Waals surface area (Å²) in [5, 5.41) is 0.967. The van der Waals surface area contributed by atoms with Gasteiger partial charge in [0.25, 0.3) is 0 Å². The quantitative estimate of drug-likeness (QED) is 0.613. The number of ether oxygens (including phenoxy) is 3. The average Bonchev–Trinajstić information content (AvgIpc) is 3.19. The summed E-state index contributed by atoms with van der Waals surface area (Å²) in [6, 6.07) is 9.19. The van der Waals surface area contributed by atoms with Gasteiger partial charge in [-0.1, -0.05) is 0 Å². The van der Waals surface area contributed by atoms with Crippen LogP contribution in [0.15, 0.2) is 42.3 Å². The first-order valence-electron chi connectivity index (χ1n) is 9.22. The summed E-state index contributed by atoms with van der Waals surface area (Å²) >= 11 is 0. The van der Waals surface area contributed by atoms with Crippen molar-refractivity contribution in [2.45, 2.75) is 13.8 Å². The van der Waals surface area contributed by atoms with Crippen molar-refractivity contribution in [3.8, 4) is 17.2 Å². The minimum absolute atomic E-state index is 0.0197. The number of fused-ring (bicyclic) bond motifs is 2. The molecule has 6 nitrogen and oxygen atoms in total. The third-order valence-electron chi connectivity index (χ3n) is 4.98. The number of hydrogen-bond donors (Lipinski definition) is 0. The first-order chi connectivity index (χ1) is 13.9. The van der Waals surface area contributed by atoms with Crippen molar-refractivity contribution in [3.05, 3.63) is 59.0 Å². The summed E-state index contributed by atoms with van der Waals surface area (Å²) in [6.45, 7) is 3.25. The number of carbonyl (C=O) groups is 2. The highest BCUT2D eigenvalue weighted by molar-refractivity contribution is 6.15. The van der Waals surface area contributed by atoms with E-state index >= 15 is 0 Å². The third-order valence-corrected chi connectivity index (χ3v) is 4.98. The maximum atomic E-state index is 12.9. The number of aromatic nitrogens is 1. The minimum Gasteiger partial charge on any atom is -0.497 e. The van der Waals surface area contributed by atoms with Crippen molar-refractivity contribution in [1.29, 1.82) is 0 Å². The molecule has 0 saturated carbocycles. The molecule has 3 aromatic rings. The zero-order chi connectivity index (χ0) is 20.7. The third kappa shape index (κ3) is 3.27. The lowest BCUT2D eigenvalue weighted by atomic mass is 10.1. The predicted molar refractivity (Wildman–Crippen MR) is 110 cm³/mol. The summed E-state index contributed by atoms with van der Waals surface area (Å²) in [7, 11) is 3.57. The van der Waals surface area contributed by atoms with Gasteiger partial charge in [-0.3, -0.25) is 9.59 Å². The number of carbonyl (C=O) groups excluding carboxylic acids is 2. The van der Waals surface area contributed by atoms with E-state index < -0.39 is 0 Å². The Morgan fingerprint density at radius 1 is 1.24 bits per heavy atom. The van der Waals surface area contributed by atoms with Crippen LogP contribution < -0.4 is 14.2 Å². The lowest BCUT2D eigenvalue weighted by Gasteiger charge is -2.10. The van der Waals surface area contributed by atoms with Crippen molar-refractivity contribution in [2.75, 3.05) is 13.7 Å². The summed E-state index contributed by atoms with van der Waals surface area (Å²) in [4.78, 5) is 24.1. The van der Waals surface area contributed by atoms with Crippen LogP contribution in [0.3, 0.4) is 0 Å². The van der Waals surface area contributed by atoms with E-state index in [4.69, 9.17) is 14.2 Å². The molecule has 1 aliphatic heterocycles. The van der Waals surface area contributed by atoms with E-state index in [1.807, 2.05) is 42.9 Å².